The average Bonchev–Trinajstić information content (AvgIpc) is 2.28. The maximum Gasteiger partial charge on any atom is 0.164 e. The molecule has 15 heavy (non-hydrogen) atoms. The van der Waals surface area contributed by atoms with E-state index in [0.717, 1.165) is 5.56 Å². The van der Waals surface area contributed by atoms with Gasteiger partial charge in [-0.3, -0.25) is 0 Å². The van der Waals surface area contributed by atoms with Crippen molar-refractivity contribution < 1.29 is 14.2 Å². The Morgan fingerprint density at radius 1 is 1.00 bits per heavy atom. The van der Waals surface area contributed by atoms with Crippen molar-refractivity contribution in [2.45, 2.75) is 0 Å². The lowest BCUT2D eigenvalue weighted by Gasteiger charge is -2.11. The molecule has 0 aliphatic rings. The molecule has 1 rings (SSSR count). The summed E-state index contributed by atoms with van der Waals surface area (Å²) in [6, 6.07) is 3.46. The highest BCUT2D eigenvalue weighted by atomic mass is 16.5. The van der Waals surface area contributed by atoms with Crippen molar-refractivity contribution in [2.75, 3.05) is 21.3 Å². The zero-order valence-electron chi connectivity index (χ0n) is 8.98. The van der Waals surface area contributed by atoms with Crippen molar-refractivity contribution in [1.82, 2.24) is 0 Å². The van der Waals surface area contributed by atoms with E-state index in [4.69, 9.17) is 20.1 Å². The first-order chi connectivity index (χ1) is 7.26. The fraction of sp³-hybridized carbons (Fsp3) is 0.300. The highest BCUT2D eigenvalue weighted by Crippen LogP contribution is 2.33. The van der Waals surface area contributed by atoms with Crippen LogP contribution in [0.15, 0.2) is 17.2 Å². The highest BCUT2D eigenvalue weighted by molar-refractivity contribution is 5.84. The largest absolute Gasteiger partial charge is 0.496 e. The lowest BCUT2D eigenvalue weighted by Crippen LogP contribution is -1.97. The molecule has 0 unspecified atom stereocenters. The summed E-state index contributed by atoms with van der Waals surface area (Å²) in [6.07, 6.45) is 1.49. The summed E-state index contributed by atoms with van der Waals surface area (Å²) in [6.45, 7) is 0. The number of benzene rings is 1. The van der Waals surface area contributed by atoms with Crippen LogP contribution in [0, 0.1) is 0 Å². The minimum Gasteiger partial charge on any atom is -0.496 e. The molecule has 1 aromatic rings. The quantitative estimate of drug-likeness (QED) is 0.457. The van der Waals surface area contributed by atoms with Crippen molar-refractivity contribution in [3.63, 3.8) is 0 Å². The van der Waals surface area contributed by atoms with Gasteiger partial charge in [0.05, 0.1) is 27.5 Å². The maximum atomic E-state index is 5.16. The maximum absolute atomic E-state index is 5.16. The van der Waals surface area contributed by atoms with Gasteiger partial charge in [-0.25, -0.2) is 0 Å². The van der Waals surface area contributed by atoms with Crippen LogP contribution in [-0.2, 0) is 0 Å². The molecule has 0 saturated heterocycles. The Bertz CT molecular complexity index is 364. The van der Waals surface area contributed by atoms with Gasteiger partial charge in [0.1, 0.15) is 5.75 Å². The van der Waals surface area contributed by atoms with E-state index in [2.05, 4.69) is 5.10 Å². The molecule has 0 aliphatic carbocycles. The van der Waals surface area contributed by atoms with Crippen LogP contribution in [0.3, 0.4) is 0 Å². The monoisotopic (exact) mass is 210 g/mol. The molecule has 2 N–H and O–H groups in total. The van der Waals surface area contributed by atoms with Crippen LogP contribution in [0.25, 0.3) is 0 Å². The molecule has 0 atom stereocenters. The third-order valence-corrected chi connectivity index (χ3v) is 1.95. The number of hydrazone groups is 1. The van der Waals surface area contributed by atoms with Crippen LogP contribution in [0.1, 0.15) is 5.56 Å². The molecule has 0 spiro atoms. The van der Waals surface area contributed by atoms with E-state index >= 15 is 0 Å². The Kier molecular flexibility index (Phi) is 3.79. The van der Waals surface area contributed by atoms with E-state index in [0.29, 0.717) is 17.2 Å². The van der Waals surface area contributed by atoms with E-state index < -0.39 is 0 Å². The van der Waals surface area contributed by atoms with E-state index in [-0.39, 0.29) is 0 Å². The van der Waals surface area contributed by atoms with Crippen LogP contribution in [-0.4, -0.2) is 27.5 Å². The van der Waals surface area contributed by atoms with Crippen LogP contribution in [0.4, 0.5) is 0 Å². The first-order valence-electron chi connectivity index (χ1n) is 4.30. The highest BCUT2D eigenvalue weighted by Gasteiger charge is 2.09. The van der Waals surface area contributed by atoms with Crippen molar-refractivity contribution in [3.05, 3.63) is 17.7 Å². The summed E-state index contributed by atoms with van der Waals surface area (Å²) in [5, 5.41) is 3.44. The third-order valence-electron chi connectivity index (χ3n) is 1.95. The number of ether oxygens (including phenoxy) is 3. The van der Waals surface area contributed by atoms with Gasteiger partial charge in [0, 0.05) is 11.6 Å². The van der Waals surface area contributed by atoms with Crippen LogP contribution < -0.4 is 20.1 Å². The van der Waals surface area contributed by atoms with Gasteiger partial charge in [0.15, 0.2) is 11.5 Å². The number of methoxy groups -OCH3 is 3. The lowest BCUT2D eigenvalue weighted by molar-refractivity contribution is 0.349. The van der Waals surface area contributed by atoms with E-state index in [1.165, 1.54) is 6.21 Å². The van der Waals surface area contributed by atoms with Gasteiger partial charge in [-0.15, -0.1) is 0 Å². The molecule has 5 nitrogen and oxygen atoms in total. The number of rotatable bonds is 4. The zero-order valence-corrected chi connectivity index (χ0v) is 8.98. The molecule has 0 bridgehead atoms. The second kappa shape index (κ2) is 5.09. The standard InChI is InChI=1S/C10H14N2O3/c1-13-8-5-10(15-3)9(14-2)4-7(8)6-12-11/h4-6H,11H2,1-3H3/b12-6-. The second-order valence-corrected chi connectivity index (χ2v) is 2.73. The fourth-order valence-electron chi connectivity index (χ4n) is 1.23. The topological polar surface area (TPSA) is 66.1 Å². The molecule has 0 aromatic heterocycles. The summed E-state index contributed by atoms with van der Waals surface area (Å²) in [4.78, 5) is 0. The van der Waals surface area contributed by atoms with Gasteiger partial charge in [-0.1, -0.05) is 0 Å². The molecule has 0 aliphatic heterocycles. The predicted octanol–water partition coefficient (Wildman–Crippen LogP) is 1.00. The number of hydrogen-bond acceptors (Lipinski definition) is 5. The Morgan fingerprint density at radius 2 is 1.53 bits per heavy atom. The van der Waals surface area contributed by atoms with Crippen molar-refractivity contribution in [2.24, 2.45) is 10.9 Å². The number of nitrogens with two attached hydrogens (primary N) is 1. The fourth-order valence-corrected chi connectivity index (χ4v) is 1.23. The van der Waals surface area contributed by atoms with Crippen LogP contribution >= 0.6 is 0 Å². The van der Waals surface area contributed by atoms with Crippen molar-refractivity contribution >= 4 is 6.21 Å². The molecule has 1 aromatic carbocycles. The molecule has 5 heteroatoms. The lowest BCUT2D eigenvalue weighted by atomic mass is 10.2. The van der Waals surface area contributed by atoms with Crippen LogP contribution in [0.5, 0.6) is 17.2 Å². The molecule has 0 fully saturated rings. The summed E-state index contributed by atoms with van der Waals surface area (Å²) >= 11 is 0. The van der Waals surface area contributed by atoms with Gasteiger partial charge in [0.2, 0.25) is 0 Å². The van der Waals surface area contributed by atoms with Gasteiger partial charge >= 0.3 is 0 Å². The number of hydrogen-bond donors (Lipinski definition) is 1. The van der Waals surface area contributed by atoms with E-state index in [1.54, 1.807) is 33.5 Å². The average molecular weight is 210 g/mol. The smallest absolute Gasteiger partial charge is 0.164 e. The van der Waals surface area contributed by atoms with Gasteiger partial charge in [-0.05, 0) is 6.07 Å². The Balaban J connectivity index is 3.27. The summed E-state index contributed by atoms with van der Waals surface area (Å²) in [7, 11) is 4.69. The minimum absolute atomic E-state index is 0.600. The molecular weight excluding hydrogens is 196 g/mol. The SMILES string of the molecule is COc1cc(OC)c(OC)cc1/C=N\N. The first-order valence-corrected chi connectivity index (χ1v) is 4.30. The summed E-state index contributed by atoms with van der Waals surface area (Å²) < 4.78 is 15.4. The molecular formula is C10H14N2O3. The Hall–Kier alpha value is -1.91. The molecule has 0 amide bonds. The van der Waals surface area contributed by atoms with Gasteiger partial charge < -0.3 is 20.1 Å². The molecule has 82 valence electrons. The van der Waals surface area contributed by atoms with Gasteiger partial charge in [-0.2, -0.15) is 5.10 Å². The summed E-state index contributed by atoms with van der Waals surface area (Å²) in [5.74, 6) is 6.92. The Labute approximate surface area is 88.4 Å². The normalized spacial score (nSPS) is 10.3. The first kappa shape index (κ1) is 11.2. The van der Waals surface area contributed by atoms with Crippen molar-refractivity contribution in [3.8, 4) is 17.2 Å². The van der Waals surface area contributed by atoms with Gasteiger partial charge in [0.25, 0.3) is 0 Å². The second-order valence-electron chi connectivity index (χ2n) is 2.73. The molecule has 0 radical (unpaired) electrons. The molecule has 0 saturated carbocycles. The Morgan fingerprint density at radius 3 is 2.00 bits per heavy atom. The molecule has 0 heterocycles. The predicted molar refractivity (Wildman–Crippen MR) is 57.9 cm³/mol. The number of nitrogens with zero attached hydrogens (tertiary/aromatic N) is 1. The van der Waals surface area contributed by atoms with E-state index in [1.807, 2.05) is 0 Å². The summed E-state index contributed by atoms with van der Waals surface area (Å²) in [5.41, 5.74) is 0.734. The zero-order chi connectivity index (χ0) is 11.3. The van der Waals surface area contributed by atoms with Crippen LogP contribution in [0.2, 0.25) is 0 Å². The minimum atomic E-state index is 0.600. The van der Waals surface area contributed by atoms with E-state index in [9.17, 15) is 0 Å². The third kappa shape index (κ3) is 2.31. The van der Waals surface area contributed by atoms with Crippen molar-refractivity contribution in [1.29, 1.82) is 0 Å².